The van der Waals surface area contributed by atoms with E-state index in [4.69, 9.17) is 4.74 Å². The summed E-state index contributed by atoms with van der Waals surface area (Å²) >= 11 is 0. The largest absolute Gasteiger partial charge is 0.495 e. The molecule has 1 heterocycles. The number of nitrogens with one attached hydrogen (secondary N) is 2. The molecule has 102 valence electrons. The van der Waals surface area contributed by atoms with Gasteiger partial charge in [-0.3, -0.25) is 0 Å². The highest BCUT2D eigenvalue weighted by Crippen LogP contribution is 2.34. The number of hydrogen-bond acceptors (Lipinski definition) is 4. The summed E-state index contributed by atoms with van der Waals surface area (Å²) in [5.74, 6) is 1.08. The molecule has 0 amide bonds. The van der Waals surface area contributed by atoms with E-state index in [2.05, 4.69) is 23.6 Å². The van der Waals surface area contributed by atoms with Crippen LogP contribution < -0.4 is 15.4 Å². The average Bonchev–Trinajstić information content (AvgIpc) is 2.48. The van der Waals surface area contributed by atoms with Gasteiger partial charge in [-0.05, 0) is 31.5 Å². The molecule has 0 spiro atoms. The van der Waals surface area contributed by atoms with E-state index in [0.717, 1.165) is 37.4 Å². The van der Waals surface area contributed by atoms with Crippen molar-refractivity contribution in [3.05, 3.63) is 24.3 Å². The quantitative estimate of drug-likeness (QED) is 0.871. The van der Waals surface area contributed by atoms with Crippen LogP contribution in [0.15, 0.2) is 24.3 Å². The van der Waals surface area contributed by atoms with Crippen molar-refractivity contribution in [2.45, 2.75) is 25.3 Å². The highest BCUT2D eigenvalue weighted by molar-refractivity contribution is 5.59. The monoisotopic (exact) mass is 259 g/mol. The van der Waals surface area contributed by atoms with Gasteiger partial charge in [0.1, 0.15) is 11.3 Å². The summed E-state index contributed by atoms with van der Waals surface area (Å²) in [6.07, 6.45) is 1.78. The Balaban J connectivity index is 2.29. The van der Waals surface area contributed by atoms with Gasteiger partial charge in [-0.1, -0.05) is 19.1 Å². The van der Waals surface area contributed by atoms with Crippen molar-refractivity contribution < 1.29 is 4.74 Å². The molecule has 1 aromatic rings. The maximum atomic E-state index is 9.69. The van der Waals surface area contributed by atoms with E-state index in [9.17, 15) is 5.26 Å². The SMILES string of the molecule is CCC1CNCCC1(C#N)Nc1ccccc1OC. The molecule has 2 atom stereocenters. The van der Waals surface area contributed by atoms with Gasteiger partial charge in [-0.2, -0.15) is 5.26 Å². The summed E-state index contributed by atoms with van der Waals surface area (Å²) < 4.78 is 5.36. The first kappa shape index (κ1) is 13.7. The third-order valence-corrected chi connectivity index (χ3v) is 3.94. The summed E-state index contributed by atoms with van der Waals surface area (Å²) in [5, 5.41) is 16.5. The lowest BCUT2D eigenvalue weighted by Crippen LogP contribution is -2.54. The minimum atomic E-state index is -0.505. The first-order valence-corrected chi connectivity index (χ1v) is 6.79. The lowest BCUT2D eigenvalue weighted by Gasteiger charge is -2.40. The van der Waals surface area contributed by atoms with E-state index >= 15 is 0 Å². The van der Waals surface area contributed by atoms with Gasteiger partial charge in [0.15, 0.2) is 0 Å². The zero-order chi connectivity index (χ0) is 13.7. The van der Waals surface area contributed by atoms with Crippen molar-refractivity contribution in [1.29, 1.82) is 5.26 Å². The van der Waals surface area contributed by atoms with Crippen molar-refractivity contribution in [2.24, 2.45) is 5.92 Å². The molecule has 0 radical (unpaired) electrons. The zero-order valence-corrected chi connectivity index (χ0v) is 11.6. The number of para-hydroxylation sites is 2. The van der Waals surface area contributed by atoms with Crippen molar-refractivity contribution >= 4 is 5.69 Å². The van der Waals surface area contributed by atoms with Crippen molar-refractivity contribution in [3.8, 4) is 11.8 Å². The van der Waals surface area contributed by atoms with Crippen LogP contribution in [0.4, 0.5) is 5.69 Å². The maximum absolute atomic E-state index is 9.69. The number of piperidine rings is 1. The van der Waals surface area contributed by atoms with Gasteiger partial charge in [0.2, 0.25) is 0 Å². The molecule has 1 aliphatic heterocycles. The number of ether oxygens (including phenoxy) is 1. The molecule has 2 N–H and O–H groups in total. The van der Waals surface area contributed by atoms with Gasteiger partial charge in [0.05, 0.1) is 18.9 Å². The van der Waals surface area contributed by atoms with Gasteiger partial charge >= 0.3 is 0 Å². The Morgan fingerprint density at radius 1 is 1.53 bits per heavy atom. The Morgan fingerprint density at radius 3 is 3.00 bits per heavy atom. The predicted molar refractivity (Wildman–Crippen MR) is 76.2 cm³/mol. The van der Waals surface area contributed by atoms with Gasteiger partial charge in [0.25, 0.3) is 0 Å². The third-order valence-electron chi connectivity index (χ3n) is 3.94. The molecule has 4 heteroatoms. The Morgan fingerprint density at radius 2 is 2.32 bits per heavy atom. The predicted octanol–water partition coefficient (Wildman–Crippen LogP) is 2.39. The summed E-state index contributed by atoms with van der Waals surface area (Å²) in [6, 6.07) is 10.3. The summed E-state index contributed by atoms with van der Waals surface area (Å²) in [5.41, 5.74) is 0.390. The fourth-order valence-electron chi connectivity index (χ4n) is 2.76. The van der Waals surface area contributed by atoms with Crippen LogP contribution in [0, 0.1) is 17.2 Å². The minimum absolute atomic E-state index is 0.302. The molecule has 0 bridgehead atoms. The molecule has 0 aromatic heterocycles. The number of nitrogens with zero attached hydrogens (tertiary/aromatic N) is 1. The Hall–Kier alpha value is -1.73. The van der Waals surface area contributed by atoms with E-state index in [1.165, 1.54) is 0 Å². The second-order valence-corrected chi connectivity index (χ2v) is 4.97. The molecular formula is C15H21N3O. The number of methoxy groups -OCH3 is 1. The van der Waals surface area contributed by atoms with Gasteiger partial charge in [-0.25, -0.2) is 0 Å². The summed E-state index contributed by atoms with van der Waals surface area (Å²) in [7, 11) is 1.65. The number of anilines is 1. The molecule has 1 fully saturated rings. The molecule has 0 aliphatic carbocycles. The molecule has 1 aliphatic rings. The van der Waals surface area contributed by atoms with Crippen LogP contribution in [0.1, 0.15) is 19.8 Å². The molecule has 1 aromatic carbocycles. The van der Waals surface area contributed by atoms with E-state index in [1.807, 2.05) is 24.3 Å². The van der Waals surface area contributed by atoms with Gasteiger partial charge in [0, 0.05) is 12.5 Å². The lowest BCUT2D eigenvalue weighted by molar-refractivity contribution is 0.275. The Labute approximate surface area is 114 Å². The van der Waals surface area contributed by atoms with E-state index in [1.54, 1.807) is 7.11 Å². The minimum Gasteiger partial charge on any atom is -0.495 e. The van der Waals surface area contributed by atoms with Crippen LogP contribution in [-0.2, 0) is 0 Å². The first-order chi connectivity index (χ1) is 9.25. The summed E-state index contributed by atoms with van der Waals surface area (Å²) in [4.78, 5) is 0. The normalized spacial score (nSPS) is 26.5. The fourth-order valence-corrected chi connectivity index (χ4v) is 2.76. The average molecular weight is 259 g/mol. The standard InChI is InChI=1S/C15H21N3O/c1-3-12-10-17-9-8-15(12,11-16)18-13-6-4-5-7-14(13)19-2/h4-7,12,17-18H,3,8-10H2,1-2H3. The number of hydrogen-bond donors (Lipinski definition) is 2. The van der Waals surface area contributed by atoms with Gasteiger partial charge < -0.3 is 15.4 Å². The van der Waals surface area contributed by atoms with Crippen LogP contribution in [0.5, 0.6) is 5.75 Å². The summed E-state index contributed by atoms with van der Waals surface area (Å²) in [6.45, 7) is 3.88. The molecule has 4 nitrogen and oxygen atoms in total. The van der Waals surface area contributed by atoms with Crippen LogP contribution in [0.2, 0.25) is 0 Å². The number of rotatable bonds is 4. The molecule has 1 saturated heterocycles. The van der Waals surface area contributed by atoms with E-state index in [-0.39, 0.29) is 0 Å². The molecule has 19 heavy (non-hydrogen) atoms. The molecule has 0 saturated carbocycles. The molecule has 2 unspecified atom stereocenters. The van der Waals surface area contributed by atoms with E-state index in [0.29, 0.717) is 5.92 Å². The van der Waals surface area contributed by atoms with Crippen molar-refractivity contribution in [3.63, 3.8) is 0 Å². The van der Waals surface area contributed by atoms with Gasteiger partial charge in [-0.15, -0.1) is 0 Å². The van der Waals surface area contributed by atoms with Crippen LogP contribution >= 0.6 is 0 Å². The highest BCUT2D eigenvalue weighted by atomic mass is 16.5. The molecular weight excluding hydrogens is 238 g/mol. The van der Waals surface area contributed by atoms with Crippen molar-refractivity contribution in [2.75, 3.05) is 25.5 Å². The highest BCUT2D eigenvalue weighted by Gasteiger charge is 2.40. The number of benzene rings is 1. The second kappa shape index (κ2) is 5.94. The van der Waals surface area contributed by atoms with Crippen LogP contribution in [0.25, 0.3) is 0 Å². The van der Waals surface area contributed by atoms with Crippen molar-refractivity contribution in [1.82, 2.24) is 5.32 Å². The third kappa shape index (κ3) is 2.66. The lowest BCUT2D eigenvalue weighted by atomic mass is 9.77. The smallest absolute Gasteiger partial charge is 0.141 e. The zero-order valence-electron chi connectivity index (χ0n) is 11.6. The molecule has 2 rings (SSSR count). The Kier molecular flexibility index (Phi) is 4.28. The topological polar surface area (TPSA) is 57.1 Å². The maximum Gasteiger partial charge on any atom is 0.141 e. The van der Waals surface area contributed by atoms with Crippen LogP contribution in [0.3, 0.4) is 0 Å². The second-order valence-electron chi connectivity index (χ2n) is 4.97. The van der Waals surface area contributed by atoms with E-state index < -0.39 is 5.54 Å². The fraction of sp³-hybridized carbons (Fsp3) is 0.533. The number of nitriles is 1. The first-order valence-electron chi connectivity index (χ1n) is 6.79. The van der Waals surface area contributed by atoms with Crippen LogP contribution in [-0.4, -0.2) is 25.7 Å². The Bertz CT molecular complexity index is 469.